The minimum atomic E-state index is -3.41. The number of sulfone groups is 1. The fourth-order valence-electron chi connectivity index (χ4n) is 4.10. The molecular weight excluding hydrogens is 519 g/mol. The Morgan fingerprint density at radius 2 is 2.03 bits per heavy atom. The number of ketones is 1. The molecule has 0 unspecified atom stereocenters. The molecule has 4 aromatic rings. The van der Waals surface area contributed by atoms with Crippen LogP contribution in [-0.4, -0.2) is 35.2 Å². The highest BCUT2D eigenvalue weighted by Gasteiger charge is 2.26. The number of ether oxygens (including phenoxy) is 1. The van der Waals surface area contributed by atoms with Crippen molar-refractivity contribution in [3.05, 3.63) is 99.6 Å². The number of aromatic nitrogens is 3. The highest BCUT2D eigenvalue weighted by atomic mass is 35.5. The SMILES string of the molecule is CS(=O)(=O)Cc1cc2c(cc1F)C=C(C(=O)c1cnn(-c3ccc(Oc4ccccn4)cc3Cl)c1N)C2. The third-order valence-electron chi connectivity index (χ3n) is 5.79. The third-order valence-corrected chi connectivity index (χ3v) is 6.92. The van der Waals surface area contributed by atoms with Crippen molar-refractivity contribution < 1.29 is 22.3 Å². The van der Waals surface area contributed by atoms with Crippen LogP contribution in [-0.2, 0) is 22.0 Å². The minimum absolute atomic E-state index is 0.0702. The summed E-state index contributed by atoms with van der Waals surface area (Å²) in [6, 6.07) is 12.9. The lowest BCUT2D eigenvalue weighted by Crippen LogP contribution is -2.09. The first-order chi connectivity index (χ1) is 17.6. The van der Waals surface area contributed by atoms with Crippen molar-refractivity contribution in [2.45, 2.75) is 12.2 Å². The van der Waals surface area contributed by atoms with Crippen LogP contribution in [0.3, 0.4) is 0 Å². The van der Waals surface area contributed by atoms with Gasteiger partial charge in [0.15, 0.2) is 15.6 Å². The molecule has 0 aliphatic heterocycles. The van der Waals surface area contributed by atoms with E-state index < -0.39 is 21.4 Å². The van der Waals surface area contributed by atoms with Crippen LogP contribution in [0.1, 0.15) is 27.0 Å². The summed E-state index contributed by atoms with van der Waals surface area (Å²) in [7, 11) is -3.41. The molecule has 2 heterocycles. The van der Waals surface area contributed by atoms with Crippen LogP contribution in [0.15, 0.2) is 66.5 Å². The number of rotatable bonds is 7. The monoisotopic (exact) mass is 538 g/mol. The Balaban J connectivity index is 1.38. The molecule has 0 bridgehead atoms. The Bertz CT molecular complexity index is 1680. The number of halogens is 2. The van der Waals surface area contributed by atoms with Gasteiger partial charge in [-0.1, -0.05) is 23.7 Å². The van der Waals surface area contributed by atoms with Gasteiger partial charge in [-0.3, -0.25) is 4.79 Å². The quantitative estimate of drug-likeness (QED) is 0.336. The summed E-state index contributed by atoms with van der Waals surface area (Å²) in [5.74, 6) is -0.451. The number of carbonyl (C=O) groups is 1. The van der Waals surface area contributed by atoms with Crippen molar-refractivity contribution >= 4 is 39.1 Å². The molecule has 8 nitrogen and oxygen atoms in total. The normalized spacial score (nSPS) is 12.8. The Hall–Kier alpha value is -4.02. The number of nitrogens with two attached hydrogens (primary N) is 1. The predicted molar refractivity (Wildman–Crippen MR) is 138 cm³/mol. The standard InChI is InChI=1S/C26H20ClFN4O4S/c1-37(34,35)14-18-10-15-8-17(9-16(15)11-22(18)28)25(33)20-13-31-32(26(20)29)23-6-5-19(12-21(23)27)36-24-4-2-3-7-30-24/h2-7,9-13H,8,14,29H2,1H3. The van der Waals surface area contributed by atoms with Gasteiger partial charge in [-0.15, -0.1) is 0 Å². The molecule has 0 fully saturated rings. The number of Topliss-reactive ketones (excluding diaryl/α,β-unsaturated/α-hetero) is 1. The molecule has 0 saturated heterocycles. The molecule has 5 rings (SSSR count). The van der Waals surface area contributed by atoms with Crippen LogP contribution < -0.4 is 10.5 Å². The summed E-state index contributed by atoms with van der Waals surface area (Å²) in [6.45, 7) is 0. The van der Waals surface area contributed by atoms with Gasteiger partial charge < -0.3 is 10.5 Å². The average Bonchev–Trinajstić information content (AvgIpc) is 3.42. The third kappa shape index (κ3) is 5.11. The number of pyridine rings is 1. The molecule has 2 N–H and O–H groups in total. The summed E-state index contributed by atoms with van der Waals surface area (Å²) in [5, 5.41) is 4.54. The number of nitrogens with zero attached hydrogens (tertiary/aromatic N) is 3. The zero-order chi connectivity index (χ0) is 26.3. The van der Waals surface area contributed by atoms with Crippen molar-refractivity contribution in [2.24, 2.45) is 0 Å². The van der Waals surface area contributed by atoms with E-state index in [1.807, 2.05) is 0 Å². The zero-order valence-corrected chi connectivity index (χ0v) is 21.1. The lowest BCUT2D eigenvalue weighted by Gasteiger charge is -2.10. The van der Waals surface area contributed by atoms with Crippen LogP contribution in [0.5, 0.6) is 11.6 Å². The first-order valence-corrected chi connectivity index (χ1v) is 13.5. The van der Waals surface area contributed by atoms with Gasteiger partial charge in [0, 0.05) is 42.1 Å². The van der Waals surface area contributed by atoms with Gasteiger partial charge in [0.2, 0.25) is 5.88 Å². The van der Waals surface area contributed by atoms with E-state index >= 15 is 0 Å². The summed E-state index contributed by atoms with van der Waals surface area (Å²) in [5.41, 5.74) is 8.55. The van der Waals surface area contributed by atoms with Gasteiger partial charge in [0.1, 0.15) is 17.4 Å². The molecule has 2 aromatic heterocycles. The van der Waals surface area contributed by atoms with Gasteiger partial charge in [0.05, 0.1) is 28.2 Å². The highest BCUT2D eigenvalue weighted by Crippen LogP contribution is 2.33. The van der Waals surface area contributed by atoms with E-state index in [0.717, 1.165) is 6.26 Å². The number of hydrogen-bond donors (Lipinski definition) is 1. The van der Waals surface area contributed by atoms with Crippen molar-refractivity contribution in [2.75, 3.05) is 12.0 Å². The fraction of sp³-hybridized carbons (Fsp3) is 0.115. The molecule has 188 valence electrons. The van der Waals surface area contributed by atoms with Crippen molar-refractivity contribution in [1.82, 2.24) is 14.8 Å². The molecular formula is C26H20ClFN4O4S. The number of allylic oxidation sites excluding steroid dienone is 1. The first-order valence-electron chi connectivity index (χ1n) is 11.1. The van der Waals surface area contributed by atoms with E-state index in [1.54, 1.807) is 48.7 Å². The largest absolute Gasteiger partial charge is 0.439 e. The fourth-order valence-corrected chi connectivity index (χ4v) is 5.14. The molecule has 1 aliphatic carbocycles. The van der Waals surface area contributed by atoms with Gasteiger partial charge in [-0.2, -0.15) is 5.10 Å². The second-order valence-electron chi connectivity index (χ2n) is 8.63. The second-order valence-corrected chi connectivity index (χ2v) is 11.2. The smallest absolute Gasteiger partial charge is 0.219 e. The topological polar surface area (TPSA) is 117 Å². The average molecular weight is 539 g/mol. The van der Waals surface area contributed by atoms with Crippen LogP contribution in [0.25, 0.3) is 11.8 Å². The molecule has 0 spiro atoms. The van der Waals surface area contributed by atoms with E-state index in [9.17, 15) is 17.6 Å². The van der Waals surface area contributed by atoms with Crippen molar-refractivity contribution in [3.8, 4) is 17.3 Å². The Morgan fingerprint density at radius 3 is 2.73 bits per heavy atom. The molecule has 2 aromatic carbocycles. The molecule has 1 aliphatic rings. The second kappa shape index (κ2) is 9.45. The lowest BCUT2D eigenvalue weighted by atomic mass is 10.0. The number of nitrogen functional groups attached to an aromatic ring is 1. The van der Waals surface area contributed by atoms with Crippen molar-refractivity contribution in [1.29, 1.82) is 0 Å². The molecule has 0 radical (unpaired) electrons. The van der Waals surface area contributed by atoms with E-state index in [1.165, 1.54) is 23.0 Å². The van der Waals surface area contributed by atoms with Gasteiger partial charge >= 0.3 is 0 Å². The maximum absolute atomic E-state index is 14.4. The van der Waals surface area contributed by atoms with E-state index in [-0.39, 0.29) is 29.1 Å². The summed E-state index contributed by atoms with van der Waals surface area (Å²) in [6.07, 6.45) is 5.80. The lowest BCUT2D eigenvalue weighted by molar-refractivity contribution is 0.103. The van der Waals surface area contributed by atoms with Gasteiger partial charge in [-0.25, -0.2) is 22.5 Å². The predicted octanol–water partition coefficient (Wildman–Crippen LogP) is 4.80. The van der Waals surface area contributed by atoms with Crippen LogP contribution in [0.2, 0.25) is 5.02 Å². The van der Waals surface area contributed by atoms with Crippen LogP contribution in [0, 0.1) is 5.82 Å². The molecule has 37 heavy (non-hydrogen) atoms. The van der Waals surface area contributed by atoms with Crippen LogP contribution >= 0.6 is 11.6 Å². The number of anilines is 1. The van der Waals surface area contributed by atoms with E-state index in [2.05, 4.69) is 10.1 Å². The van der Waals surface area contributed by atoms with Crippen molar-refractivity contribution in [3.63, 3.8) is 0 Å². The molecule has 0 amide bonds. The first kappa shape index (κ1) is 24.7. The highest BCUT2D eigenvalue weighted by molar-refractivity contribution is 7.89. The number of carbonyl (C=O) groups excluding carboxylic acids is 1. The molecule has 0 saturated carbocycles. The zero-order valence-electron chi connectivity index (χ0n) is 19.5. The Morgan fingerprint density at radius 1 is 1.22 bits per heavy atom. The Kier molecular flexibility index (Phi) is 6.30. The Labute approximate surface area is 217 Å². The maximum atomic E-state index is 14.4. The van der Waals surface area contributed by atoms with Crippen LogP contribution in [0.4, 0.5) is 10.2 Å². The van der Waals surface area contributed by atoms with E-state index in [4.69, 9.17) is 22.1 Å². The van der Waals surface area contributed by atoms with Gasteiger partial charge in [0.25, 0.3) is 0 Å². The summed E-state index contributed by atoms with van der Waals surface area (Å²) in [4.78, 5) is 17.4. The van der Waals surface area contributed by atoms with E-state index in [0.29, 0.717) is 39.0 Å². The van der Waals surface area contributed by atoms with Gasteiger partial charge in [-0.05, 0) is 41.5 Å². The molecule has 0 atom stereocenters. The number of benzene rings is 2. The summed E-state index contributed by atoms with van der Waals surface area (Å²) < 4.78 is 44.7. The molecule has 11 heteroatoms. The number of hydrogen-bond acceptors (Lipinski definition) is 7. The summed E-state index contributed by atoms with van der Waals surface area (Å²) >= 11 is 6.46. The number of fused-ring (bicyclic) bond motifs is 1. The minimum Gasteiger partial charge on any atom is -0.439 e. The maximum Gasteiger partial charge on any atom is 0.219 e.